The summed E-state index contributed by atoms with van der Waals surface area (Å²) < 4.78 is 6.24. The number of hydrogen-bond acceptors (Lipinski definition) is 3. The van der Waals surface area contributed by atoms with Gasteiger partial charge in [-0.15, -0.1) is 0 Å². The second kappa shape index (κ2) is 9.59. The molecule has 25 heavy (non-hydrogen) atoms. The fourth-order valence-corrected chi connectivity index (χ4v) is 3.12. The third-order valence-electron chi connectivity index (χ3n) is 4.15. The molecular weight excluding hydrogens is 380 g/mol. The van der Waals surface area contributed by atoms with Gasteiger partial charge in [-0.2, -0.15) is 0 Å². The number of amides is 1. The van der Waals surface area contributed by atoms with Crippen molar-refractivity contribution in [2.45, 2.75) is 18.9 Å². The van der Waals surface area contributed by atoms with Crippen LogP contribution in [0.4, 0.5) is 0 Å². The minimum Gasteiger partial charge on any atom is -0.497 e. The number of aryl methyl sites for hydroxylation is 1. The van der Waals surface area contributed by atoms with Crippen molar-refractivity contribution >= 4 is 21.8 Å². The zero-order valence-corrected chi connectivity index (χ0v) is 16.5. The number of carbonyl (C=O) groups excluding carboxylic acids is 1. The van der Waals surface area contributed by atoms with Crippen molar-refractivity contribution in [3.63, 3.8) is 0 Å². The van der Waals surface area contributed by atoms with E-state index in [9.17, 15) is 4.79 Å². The summed E-state index contributed by atoms with van der Waals surface area (Å²) in [6, 6.07) is 16.2. The smallest absolute Gasteiger partial charge is 0.220 e. The van der Waals surface area contributed by atoms with E-state index >= 15 is 0 Å². The SMILES string of the molecule is COc1ccc(C(CNC(=O)CCc2cccc(Br)c2)N(C)C)cc1. The Morgan fingerprint density at radius 3 is 2.52 bits per heavy atom. The summed E-state index contributed by atoms with van der Waals surface area (Å²) in [5.74, 6) is 0.902. The van der Waals surface area contributed by atoms with Crippen molar-refractivity contribution in [1.82, 2.24) is 10.2 Å². The van der Waals surface area contributed by atoms with Gasteiger partial charge in [0, 0.05) is 17.4 Å². The lowest BCUT2D eigenvalue weighted by atomic mass is 10.1. The number of ether oxygens (including phenoxy) is 1. The van der Waals surface area contributed by atoms with Gasteiger partial charge in [0.15, 0.2) is 0 Å². The summed E-state index contributed by atoms with van der Waals surface area (Å²) in [5, 5.41) is 3.05. The average molecular weight is 405 g/mol. The maximum absolute atomic E-state index is 12.2. The highest BCUT2D eigenvalue weighted by Gasteiger charge is 2.15. The molecule has 0 aliphatic heterocycles. The lowest BCUT2D eigenvalue weighted by Gasteiger charge is -2.25. The zero-order valence-electron chi connectivity index (χ0n) is 15.0. The second-order valence-corrected chi connectivity index (χ2v) is 7.10. The fourth-order valence-electron chi connectivity index (χ4n) is 2.67. The van der Waals surface area contributed by atoms with Crippen LogP contribution in [0.3, 0.4) is 0 Å². The number of nitrogens with zero attached hydrogens (tertiary/aromatic N) is 1. The molecule has 0 radical (unpaired) electrons. The quantitative estimate of drug-likeness (QED) is 0.726. The maximum atomic E-state index is 12.2. The molecule has 1 atom stereocenters. The summed E-state index contributed by atoms with van der Waals surface area (Å²) in [6.45, 7) is 0.580. The third kappa shape index (κ3) is 6.18. The largest absolute Gasteiger partial charge is 0.497 e. The first kappa shape index (κ1) is 19.5. The molecule has 0 saturated heterocycles. The predicted octanol–water partition coefficient (Wildman–Crippen LogP) is 3.81. The van der Waals surface area contributed by atoms with Crippen LogP contribution in [-0.2, 0) is 11.2 Å². The van der Waals surface area contributed by atoms with Gasteiger partial charge in [-0.1, -0.05) is 40.2 Å². The first-order chi connectivity index (χ1) is 12.0. The van der Waals surface area contributed by atoms with Crippen LogP contribution in [0.1, 0.15) is 23.6 Å². The second-order valence-electron chi connectivity index (χ2n) is 6.19. The summed E-state index contributed by atoms with van der Waals surface area (Å²) in [5.41, 5.74) is 2.31. The normalized spacial score (nSPS) is 12.0. The van der Waals surface area contributed by atoms with Crippen molar-refractivity contribution in [2.24, 2.45) is 0 Å². The van der Waals surface area contributed by atoms with Gasteiger partial charge < -0.3 is 15.0 Å². The number of likely N-dealkylation sites (N-methyl/N-ethyl adjacent to an activating group) is 1. The first-order valence-corrected chi connectivity index (χ1v) is 9.10. The summed E-state index contributed by atoms with van der Waals surface area (Å²) in [4.78, 5) is 14.3. The van der Waals surface area contributed by atoms with E-state index in [1.807, 2.05) is 62.6 Å². The Morgan fingerprint density at radius 2 is 1.92 bits per heavy atom. The van der Waals surface area contributed by atoms with Gasteiger partial charge >= 0.3 is 0 Å². The molecule has 0 aliphatic carbocycles. The Kier molecular flexibility index (Phi) is 7.47. The monoisotopic (exact) mass is 404 g/mol. The highest BCUT2D eigenvalue weighted by atomic mass is 79.9. The highest BCUT2D eigenvalue weighted by Crippen LogP contribution is 2.20. The molecule has 2 aromatic rings. The van der Waals surface area contributed by atoms with Crippen LogP contribution in [-0.4, -0.2) is 38.6 Å². The van der Waals surface area contributed by atoms with Gasteiger partial charge in [-0.05, 0) is 55.9 Å². The molecule has 2 aromatic carbocycles. The summed E-state index contributed by atoms with van der Waals surface area (Å²) in [6.07, 6.45) is 1.22. The Balaban J connectivity index is 1.88. The van der Waals surface area contributed by atoms with Crippen molar-refractivity contribution in [1.29, 1.82) is 0 Å². The van der Waals surface area contributed by atoms with E-state index in [1.165, 1.54) is 0 Å². The van der Waals surface area contributed by atoms with Gasteiger partial charge in [0.25, 0.3) is 0 Å². The van der Waals surface area contributed by atoms with Crippen LogP contribution in [0.15, 0.2) is 53.0 Å². The number of benzene rings is 2. The van der Waals surface area contributed by atoms with Gasteiger partial charge in [0.1, 0.15) is 5.75 Å². The standard InChI is InChI=1S/C20H25BrN2O2/c1-23(2)19(16-8-10-18(25-3)11-9-16)14-22-20(24)12-7-15-5-4-6-17(21)13-15/h4-6,8-11,13,19H,7,12,14H2,1-3H3,(H,22,24). The van der Waals surface area contributed by atoms with E-state index in [-0.39, 0.29) is 11.9 Å². The Bertz CT molecular complexity index is 686. The molecule has 0 bridgehead atoms. The van der Waals surface area contributed by atoms with Crippen molar-refractivity contribution in [2.75, 3.05) is 27.7 Å². The van der Waals surface area contributed by atoms with Crippen molar-refractivity contribution < 1.29 is 9.53 Å². The minimum absolute atomic E-state index is 0.0698. The number of carbonyl (C=O) groups is 1. The summed E-state index contributed by atoms with van der Waals surface area (Å²) in [7, 11) is 5.69. The van der Waals surface area contributed by atoms with E-state index in [1.54, 1.807) is 7.11 Å². The number of nitrogens with one attached hydrogen (secondary N) is 1. The molecule has 1 amide bonds. The van der Waals surface area contributed by atoms with Crippen molar-refractivity contribution in [3.8, 4) is 5.75 Å². The minimum atomic E-state index is 0.0698. The molecule has 2 rings (SSSR count). The lowest BCUT2D eigenvalue weighted by Crippen LogP contribution is -2.34. The van der Waals surface area contributed by atoms with Crippen LogP contribution in [0.25, 0.3) is 0 Å². The number of methoxy groups -OCH3 is 1. The van der Waals surface area contributed by atoms with Crippen molar-refractivity contribution in [3.05, 3.63) is 64.1 Å². The molecule has 0 aliphatic rings. The predicted molar refractivity (Wildman–Crippen MR) is 105 cm³/mol. The lowest BCUT2D eigenvalue weighted by molar-refractivity contribution is -0.121. The highest BCUT2D eigenvalue weighted by molar-refractivity contribution is 9.10. The first-order valence-electron chi connectivity index (χ1n) is 8.31. The van der Waals surface area contributed by atoms with Gasteiger partial charge in [0.2, 0.25) is 5.91 Å². The number of rotatable bonds is 8. The summed E-state index contributed by atoms with van der Waals surface area (Å²) >= 11 is 3.46. The topological polar surface area (TPSA) is 41.6 Å². The molecule has 4 nitrogen and oxygen atoms in total. The fraction of sp³-hybridized carbons (Fsp3) is 0.350. The van der Waals surface area contributed by atoms with Crippen LogP contribution in [0.2, 0.25) is 0 Å². The van der Waals surface area contributed by atoms with Gasteiger partial charge in [-0.25, -0.2) is 0 Å². The third-order valence-corrected chi connectivity index (χ3v) is 4.64. The van der Waals surface area contributed by atoms with E-state index in [0.717, 1.165) is 27.8 Å². The van der Waals surface area contributed by atoms with Gasteiger partial charge in [-0.3, -0.25) is 4.79 Å². The molecule has 0 saturated carbocycles. The van der Waals surface area contributed by atoms with Crippen LogP contribution in [0.5, 0.6) is 5.75 Å². The Labute approximate surface area is 158 Å². The molecule has 0 spiro atoms. The molecule has 0 aromatic heterocycles. The number of hydrogen-bond donors (Lipinski definition) is 1. The maximum Gasteiger partial charge on any atom is 0.220 e. The van der Waals surface area contributed by atoms with Crippen LogP contribution < -0.4 is 10.1 Å². The van der Waals surface area contributed by atoms with E-state index < -0.39 is 0 Å². The number of halogens is 1. The Morgan fingerprint density at radius 1 is 1.20 bits per heavy atom. The van der Waals surface area contributed by atoms with Crippen LogP contribution in [0, 0.1) is 0 Å². The Hall–Kier alpha value is -1.85. The molecular formula is C20H25BrN2O2. The molecule has 0 heterocycles. The van der Waals surface area contributed by atoms with E-state index in [0.29, 0.717) is 13.0 Å². The van der Waals surface area contributed by atoms with Gasteiger partial charge in [0.05, 0.1) is 13.2 Å². The van der Waals surface area contributed by atoms with E-state index in [4.69, 9.17) is 4.74 Å². The molecule has 1 unspecified atom stereocenters. The molecule has 1 N–H and O–H groups in total. The van der Waals surface area contributed by atoms with E-state index in [2.05, 4.69) is 26.1 Å². The molecule has 0 fully saturated rings. The zero-order chi connectivity index (χ0) is 18.2. The average Bonchev–Trinajstić information content (AvgIpc) is 2.60. The molecule has 134 valence electrons. The molecule has 5 heteroatoms. The van der Waals surface area contributed by atoms with Crippen LogP contribution >= 0.6 is 15.9 Å².